The quantitative estimate of drug-likeness (QED) is 0.838. The van der Waals surface area contributed by atoms with Gasteiger partial charge in [-0.2, -0.15) is 0 Å². The van der Waals surface area contributed by atoms with Gasteiger partial charge in [-0.25, -0.2) is 13.1 Å². The van der Waals surface area contributed by atoms with Crippen LogP contribution in [0.1, 0.15) is 32.3 Å². The first kappa shape index (κ1) is 17.4. The van der Waals surface area contributed by atoms with Crippen molar-refractivity contribution in [1.82, 2.24) is 9.62 Å². The third kappa shape index (κ3) is 6.07. The third-order valence-electron chi connectivity index (χ3n) is 4.10. The van der Waals surface area contributed by atoms with Crippen molar-refractivity contribution in [3.05, 3.63) is 35.9 Å². The molecule has 1 saturated heterocycles. The second-order valence-electron chi connectivity index (χ2n) is 6.73. The van der Waals surface area contributed by atoms with Gasteiger partial charge in [0.05, 0.1) is 5.75 Å². The first-order valence-corrected chi connectivity index (χ1v) is 9.83. The lowest BCUT2D eigenvalue weighted by molar-refractivity contribution is 0.178. The molecule has 1 aromatic carbocycles. The summed E-state index contributed by atoms with van der Waals surface area (Å²) in [5, 5.41) is 0. The largest absolute Gasteiger partial charge is 0.299 e. The maximum atomic E-state index is 11.9. The van der Waals surface area contributed by atoms with E-state index in [2.05, 4.69) is 33.9 Å². The number of hydrogen-bond acceptors (Lipinski definition) is 3. The average molecular weight is 324 g/mol. The predicted octanol–water partition coefficient (Wildman–Crippen LogP) is 2.47. The Morgan fingerprint density at radius 3 is 2.41 bits per heavy atom. The average Bonchev–Trinajstić information content (AvgIpc) is 2.46. The molecule has 5 heteroatoms. The molecule has 0 radical (unpaired) electrons. The van der Waals surface area contributed by atoms with Gasteiger partial charge in [0.15, 0.2) is 0 Å². The van der Waals surface area contributed by atoms with E-state index in [0.717, 1.165) is 32.5 Å². The molecule has 1 aromatic rings. The Balaban J connectivity index is 1.71. The van der Waals surface area contributed by atoms with Crippen LogP contribution in [0.2, 0.25) is 0 Å². The number of piperidine rings is 1. The molecule has 124 valence electrons. The van der Waals surface area contributed by atoms with E-state index >= 15 is 0 Å². The molecule has 0 aliphatic carbocycles. The maximum Gasteiger partial charge on any atom is 0.211 e. The Hall–Kier alpha value is -0.910. The monoisotopic (exact) mass is 324 g/mol. The van der Waals surface area contributed by atoms with Crippen molar-refractivity contribution in [3.8, 4) is 0 Å². The van der Waals surface area contributed by atoms with Crippen molar-refractivity contribution in [2.24, 2.45) is 11.8 Å². The van der Waals surface area contributed by atoms with Crippen molar-refractivity contribution >= 4 is 10.0 Å². The van der Waals surface area contributed by atoms with Crippen LogP contribution in [-0.2, 0) is 16.6 Å². The van der Waals surface area contributed by atoms with Crippen molar-refractivity contribution in [2.75, 3.05) is 25.4 Å². The van der Waals surface area contributed by atoms with Gasteiger partial charge in [0.1, 0.15) is 0 Å². The minimum absolute atomic E-state index is 0.171. The first-order valence-electron chi connectivity index (χ1n) is 8.18. The Morgan fingerprint density at radius 2 is 1.82 bits per heavy atom. The summed E-state index contributed by atoms with van der Waals surface area (Å²) in [6.45, 7) is 7.54. The van der Waals surface area contributed by atoms with E-state index < -0.39 is 10.0 Å². The summed E-state index contributed by atoms with van der Waals surface area (Å²) in [4.78, 5) is 2.45. The van der Waals surface area contributed by atoms with Crippen LogP contribution >= 0.6 is 0 Å². The van der Waals surface area contributed by atoms with Gasteiger partial charge in [-0.3, -0.25) is 4.90 Å². The van der Waals surface area contributed by atoms with Gasteiger partial charge in [0.2, 0.25) is 10.0 Å². The van der Waals surface area contributed by atoms with Crippen LogP contribution < -0.4 is 4.72 Å². The van der Waals surface area contributed by atoms with E-state index in [-0.39, 0.29) is 11.7 Å². The van der Waals surface area contributed by atoms with Gasteiger partial charge in [-0.05, 0) is 43.3 Å². The second-order valence-corrected chi connectivity index (χ2v) is 8.58. The maximum absolute atomic E-state index is 11.9. The van der Waals surface area contributed by atoms with Crippen LogP contribution in [0.3, 0.4) is 0 Å². The van der Waals surface area contributed by atoms with Crippen LogP contribution in [0.25, 0.3) is 0 Å². The highest BCUT2D eigenvalue weighted by Gasteiger charge is 2.21. The van der Waals surface area contributed by atoms with Gasteiger partial charge < -0.3 is 0 Å². The number of sulfonamides is 1. The van der Waals surface area contributed by atoms with E-state index in [0.29, 0.717) is 12.5 Å². The van der Waals surface area contributed by atoms with Gasteiger partial charge in [0, 0.05) is 13.1 Å². The van der Waals surface area contributed by atoms with Crippen molar-refractivity contribution in [3.63, 3.8) is 0 Å². The molecule has 0 unspecified atom stereocenters. The molecule has 1 fully saturated rings. The molecule has 4 nitrogen and oxygen atoms in total. The summed E-state index contributed by atoms with van der Waals surface area (Å²) >= 11 is 0. The zero-order valence-electron chi connectivity index (χ0n) is 13.7. The standard InChI is InChI=1S/C17H28N2O2S/c1-15(2)14-22(20,21)18-12-16-8-10-19(11-9-16)13-17-6-4-3-5-7-17/h3-7,15-16,18H,8-14H2,1-2H3. The molecular weight excluding hydrogens is 296 g/mol. The van der Waals surface area contributed by atoms with Crippen molar-refractivity contribution in [2.45, 2.75) is 33.2 Å². The number of benzene rings is 1. The molecule has 1 aliphatic heterocycles. The van der Waals surface area contributed by atoms with Crippen LogP contribution in [0.4, 0.5) is 0 Å². The second kappa shape index (κ2) is 8.09. The van der Waals surface area contributed by atoms with Gasteiger partial charge in [-0.1, -0.05) is 44.2 Å². The minimum atomic E-state index is -3.11. The van der Waals surface area contributed by atoms with E-state index in [1.807, 2.05) is 19.9 Å². The summed E-state index contributed by atoms with van der Waals surface area (Å²) in [5.41, 5.74) is 1.35. The molecule has 0 saturated carbocycles. The van der Waals surface area contributed by atoms with Crippen LogP contribution in [0, 0.1) is 11.8 Å². The molecule has 2 rings (SSSR count). The fourth-order valence-corrected chi connectivity index (χ4v) is 4.42. The lowest BCUT2D eigenvalue weighted by Gasteiger charge is -2.32. The zero-order valence-corrected chi connectivity index (χ0v) is 14.5. The topological polar surface area (TPSA) is 49.4 Å². The van der Waals surface area contributed by atoms with Gasteiger partial charge in [-0.15, -0.1) is 0 Å². The van der Waals surface area contributed by atoms with E-state index in [9.17, 15) is 8.42 Å². The highest BCUT2D eigenvalue weighted by molar-refractivity contribution is 7.89. The number of likely N-dealkylation sites (tertiary alicyclic amines) is 1. The van der Waals surface area contributed by atoms with Crippen molar-refractivity contribution in [1.29, 1.82) is 0 Å². The van der Waals surface area contributed by atoms with Crippen LogP contribution in [0.5, 0.6) is 0 Å². The molecule has 1 aliphatic rings. The molecule has 0 amide bonds. The van der Waals surface area contributed by atoms with Crippen LogP contribution in [0.15, 0.2) is 30.3 Å². The smallest absolute Gasteiger partial charge is 0.211 e. The zero-order chi connectivity index (χ0) is 16.0. The number of rotatable bonds is 7. The Labute approximate surface area is 135 Å². The molecule has 0 spiro atoms. The van der Waals surface area contributed by atoms with Crippen LogP contribution in [-0.4, -0.2) is 38.7 Å². The summed E-state index contributed by atoms with van der Waals surface area (Å²) < 4.78 is 26.5. The number of hydrogen-bond donors (Lipinski definition) is 1. The number of nitrogens with one attached hydrogen (secondary N) is 1. The fraction of sp³-hybridized carbons (Fsp3) is 0.647. The normalized spacial score (nSPS) is 18.0. The highest BCUT2D eigenvalue weighted by Crippen LogP contribution is 2.18. The molecular formula is C17H28N2O2S. The first-order chi connectivity index (χ1) is 10.4. The third-order valence-corrected chi connectivity index (χ3v) is 5.81. The lowest BCUT2D eigenvalue weighted by atomic mass is 9.97. The molecule has 1 N–H and O–H groups in total. The number of nitrogens with zero attached hydrogens (tertiary/aromatic N) is 1. The summed E-state index contributed by atoms with van der Waals surface area (Å²) in [6.07, 6.45) is 2.13. The molecule has 0 atom stereocenters. The summed E-state index contributed by atoms with van der Waals surface area (Å²) in [7, 11) is -3.11. The summed E-state index contributed by atoms with van der Waals surface area (Å²) in [5.74, 6) is 0.860. The minimum Gasteiger partial charge on any atom is -0.299 e. The fourth-order valence-electron chi connectivity index (χ4n) is 2.93. The molecule has 0 bridgehead atoms. The molecule has 22 heavy (non-hydrogen) atoms. The summed E-state index contributed by atoms with van der Waals surface area (Å²) in [6, 6.07) is 10.5. The molecule has 1 heterocycles. The Bertz CT molecular complexity index is 535. The Kier molecular flexibility index (Phi) is 6.41. The highest BCUT2D eigenvalue weighted by atomic mass is 32.2. The SMILES string of the molecule is CC(C)CS(=O)(=O)NCC1CCN(Cc2ccccc2)CC1. The predicted molar refractivity (Wildman–Crippen MR) is 91.1 cm³/mol. The van der Waals surface area contributed by atoms with Gasteiger partial charge in [0.25, 0.3) is 0 Å². The van der Waals surface area contributed by atoms with Gasteiger partial charge >= 0.3 is 0 Å². The lowest BCUT2D eigenvalue weighted by Crippen LogP contribution is -2.39. The van der Waals surface area contributed by atoms with E-state index in [1.54, 1.807) is 0 Å². The van der Waals surface area contributed by atoms with Crippen molar-refractivity contribution < 1.29 is 8.42 Å². The van der Waals surface area contributed by atoms with E-state index in [4.69, 9.17) is 0 Å². The Morgan fingerprint density at radius 1 is 1.18 bits per heavy atom. The van der Waals surface area contributed by atoms with E-state index in [1.165, 1.54) is 5.56 Å². The molecule has 0 aromatic heterocycles.